The average molecular weight is 334 g/mol. The Morgan fingerprint density at radius 3 is 2.80 bits per heavy atom. The lowest BCUT2D eigenvalue weighted by atomic mass is 10.1. The summed E-state index contributed by atoms with van der Waals surface area (Å²) in [5, 5.41) is 3.98. The van der Waals surface area contributed by atoms with Crippen LogP contribution in [-0.2, 0) is 0 Å². The van der Waals surface area contributed by atoms with Crippen LogP contribution in [0.5, 0.6) is 0 Å². The van der Waals surface area contributed by atoms with Gasteiger partial charge in [-0.25, -0.2) is 9.18 Å². The Balaban J connectivity index is 1.76. The lowest BCUT2D eigenvalue weighted by molar-refractivity contribution is 0.0993. The third-order valence-electron chi connectivity index (χ3n) is 3.84. The Morgan fingerprint density at radius 1 is 1.04 bits per heavy atom. The van der Waals surface area contributed by atoms with Gasteiger partial charge >= 0.3 is 5.63 Å². The summed E-state index contributed by atoms with van der Waals surface area (Å²) < 4.78 is 18.5. The van der Waals surface area contributed by atoms with Crippen LogP contribution in [0.4, 0.5) is 10.1 Å². The Bertz CT molecular complexity index is 1180. The van der Waals surface area contributed by atoms with Crippen molar-refractivity contribution in [3.8, 4) is 0 Å². The molecule has 1 amide bonds. The SMILES string of the molecule is O=C(Nc1cccc2ncccc12)c1cc2cc(F)ccc2c(=O)o1. The Morgan fingerprint density at radius 2 is 1.92 bits per heavy atom. The van der Waals surface area contributed by atoms with E-state index in [9.17, 15) is 14.0 Å². The molecule has 2 aromatic heterocycles. The fraction of sp³-hybridized carbons (Fsp3) is 0. The molecule has 0 radical (unpaired) electrons. The maximum absolute atomic E-state index is 13.4. The zero-order valence-electron chi connectivity index (χ0n) is 12.8. The second kappa shape index (κ2) is 5.83. The highest BCUT2D eigenvalue weighted by atomic mass is 19.1. The van der Waals surface area contributed by atoms with E-state index in [0.717, 1.165) is 10.9 Å². The number of anilines is 1. The van der Waals surface area contributed by atoms with Gasteiger partial charge in [0.2, 0.25) is 0 Å². The van der Waals surface area contributed by atoms with Gasteiger partial charge in [0.05, 0.1) is 16.6 Å². The first-order chi connectivity index (χ1) is 12.1. The number of fused-ring (bicyclic) bond motifs is 2. The highest BCUT2D eigenvalue weighted by molar-refractivity contribution is 6.08. The molecular weight excluding hydrogens is 323 g/mol. The molecule has 0 aliphatic rings. The van der Waals surface area contributed by atoms with E-state index in [-0.39, 0.29) is 11.1 Å². The number of nitrogens with one attached hydrogen (secondary N) is 1. The van der Waals surface area contributed by atoms with E-state index < -0.39 is 17.3 Å². The fourth-order valence-electron chi connectivity index (χ4n) is 2.67. The third-order valence-corrected chi connectivity index (χ3v) is 3.84. The van der Waals surface area contributed by atoms with Crippen LogP contribution < -0.4 is 10.9 Å². The van der Waals surface area contributed by atoms with Gasteiger partial charge in [-0.15, -0.1) is 0 Å². The minimum Gasteiger partial charge on any atom is -0.417 e. The standard InChI is InChI=1S/C19H11FN2O3/c20-12-6-7-13-11(9-12)10-17(25-19(13)24)18(23)22-16-5-1-4-15-14(16)3-2-8-21-15/h1-10H,(H,22,23). The molecule has 0 aliphatic carbocycles. The van der Waals surface area contributed by atoms with Crippen LogP contribution in [0.25, 0.3) is 21.7 Å². The van der Waals surface area contributed by atoms with Crippen LogP contribution in [-0.4, -0.2) is 10.9 Å². The number of halogens is 1. The number of amides is 1. The molecule has 25 heavy (non-hydrogen) atoms. The number of carbonyl (C=O) groups is 1. The summed E-state index contributed by atoms with van der Waals surface area (Å²) in [7, 11) is 0. The maximum atomic E-state index is 13.4. The molecule has 4 aromatic rings. The Labute approximate surface area is 140 Å². The highest BCUT2D eigenvalue weighted by Crippen LogP contribution is 2.22. The van der Waals surface area contributed by atoms with Crippen LogP contribution in [0.3, 0.4) is 0 Å². The van der Waals surface area contributed by atoms with Crippen molar-refractivity contribution in [3.63, 3.8) is 0 Å². The van der Waals surface area contributed by atoms with Gasteiger partial charge in [0, 0.05) is 11.6 Å². The number of carbonyl (C=O) groups excluding carboxylic acids is 1. The molecular formula is C19H11FN2O3. The van der Waals surface area contributed by atoms with Crippen molar-refractivity contribution in [1.29, 1.82) is 0 Å². The molecule has 4 rings (SSSR count). The number of pyridine rings is 1. The first kappa shape index (κ1) is 15.0. The third kappa shape index (κ3) is 2.74. The maximum Gasteiger partial charge on any atom is 0.344 e. The van der Waals surface area contributed by atoms with Gasteiger partial charge in [0.25, 0.3) is 5.91 Å². The molecule has 0 spiro atoms. The quantitative estimate of drug-likeness (QED) is 0.606. The van der Waals surface area contributed by atoms with E-state index in [2.05, 4.69) is 10.3 Å². The van der Waals surface area contributed by atoms with Gasteiger partial charge in [-0.2, -0.15) is 0 Å². The molecule has 6 heteroatoms. The summed E-state index contributed by atoms with van der Waals surface area (Å²) in [5.74, 6) is -1.28. The zero-order valence-corrected chi connectivity index (χ0v) is 12.8. The summed E-state index contributed by atoms with van der Waals surface area (Å²) in [5.41, 5.74) is 0.571. The minimum atomic E-state index is -0.692. The number of benzene rings is 2. The Hall–Kier alpha value is -3.54. The van der Waals surface area contributed by atoms with E-state index in [1.165, 1.54) is 24.3 Å². The van der Waals surface area contributed by atoms with Crippen molar-refractivity contribution in [2.75, 3.05) is 5.32 Å². The molecule has 0 fully saturated rings. The number of hydrogen-bond acceptors (Lipinski definition) is 4. The summed E-state index contributed by atoms with van der Waals surface area (Å²) in [6.45, 7) is 0. The zero-order chi connectivity index (χ0) is 17.4. The molecule has 0 unspecified atom stereocenters. The van der Waals surface area contributed by atoms with E-state index in [1.807, 2.05) is 12.1 Å². The monoisotopic (exact) mass is 334 g/mol. The molecule has 2 heterocycles. The van der Waals surface area contributed by atoms with E-state index in [1.54, 1.807) is 24.4 Å². The molecule has 0 aliphatic heterocycles. The summed E-state index contributed by atoms with van der Waals surface area (Å²) in [6, 6.07) is 13.9. The van der Waals surface area contributed by atoms with Gasteiger partial charge in [-0.3, -0.25) is 9.78 Å². The molecule has 1 N–H and O–H groups in total. The van der Waals surface area contributed by atoms with E-state index >= 15 is 0 Å². The molecule has 0 atom stereocenters. The van der Waals surface area contributed by atoms with Gasteiger partial charge in [0.1, 0.15) is 5.82 Å². The van der Waals surface area contributed by atoms with Gasteiger partial charge in [-0.1, -0.05) is 6.07 Å². The second-order valence-electron chi connectivity index (χ2n) is 5.46. The van der Waals surface area contributed by atoms with Crippen molar-refractivity contribution in [2.24, 2.45) is 0 Å². The predicted molar refractivity (Wildman–Crippen MR) is 92.1 cm³/mol. The summed E-state index contributed by atoms with van der Waals surface area (Å²) in [4.78, 5) is 28.7. The van der Waals surface area contributed by atoms with Crippen molar-refractivity contribution < 1.29 is 13.6 Å². The molecule has 5 nitrogen and oxygen atoms in total. The summed E-state index contributed by atoms with van der Waals surface area (Å²) in [6.07, 6.45) is 1.66. The Kier molecular flexibility index (Phi) is 3.50. The topological polar surface area (TPSA) is 72.2 Å². The van der Waals surface area contributed by atoms with Crippen LogP contribution in [0.1, 0.15) is 10.6 Å². The number of aromatic nitrogens is 1. The molecule has 0 saturated heterocycles. The lowest BCUT2D eigenvalue weighted by Crippen LogP contribution is -2.15. The number of nitrogens with zero attached hydrogens (tertiary/aromatic N) is 1. The second-order valence-corrected chi connectivity index (χ2v) is 5.46. The van der Waals surface area contributed by atoms with Crippen molar-refractivity contribution in [1.82, 2.24) is 4.98 Å². The van der Waals surface area contributed by atoms with Crippen molar-refractivity contribution >= 4 is 33.3 Å². The van der Waals surface area contributed by atoms with Crippen LogP contribution in [0, 0.1) is 5.82 Å². The van der Waals surface area contributed by atoms with Crippen LogP contribution in [0.2, 0.25) is 0 Å². The average Bonchev–Trinajstić information content (AvgIpc) is 2.61. The number of rotatable bonds is 2. The highest BCUT2D eigenvalue weighted by Gasteiger charge is 2.14. The van der Waals surface area contributed by atoms with E-state index in [0.29, 0.717) is 11.1 Å². The van der Waals surface area contributed by atoms with Crippen LogP contribution >= 0.6 is 0 Å². The molecule has 0 saturated carbocycles. The van der Waals surface area contributed by atoms with Crippen molar-refractivity contribution in [2.45, 2.75) is 0 Å². The van der Waals surface area contributed by atoms with Crippen molar-refractivity contribution in [3.05, 3.63) is 82.8 Å². The minimum absolute atomic E-state index is 0.191. The van der Waals surface area contributed by atoms with Gasteiger partial charge < -0.3 is 9.73 Å². The first-order valence-electron chi connectivity index (χ1n) is 7.50. The lowest BCUT2D eigenvalue weighted by Gasteiger charge is -2.08. The fourth-order valence-corrected chi connectivity index (χ4v) is 2.67. The molecule has 0 bridgehead atoms. The smallest absolute Gasteiger partial charge is 0.344 e. The number of hydrogen-bond donors (Lipinski definition) is 1. The molecule has 2 aromatic carbocycles. The van der Waals surface area contributed by atoms with Gasteiger partial charge in [0.15, 0.2) is 5.76 Å². The first-order valence-corrected chi connectivity index (χ1v) is 7.50. The largest absolute Gasteiger partial charge is 0.417 e. The van der Waals surface area contributed by atoms with Gasteiger partial charge in [-0.05, 0) is 53.9 Å². The normalized spacial score (nSPS) is 10.9. The molecule has 122 valence electrons. The predicted octanol–water partition coefficient (Wildman–Crippen LogP) is 3.73. The summed E-state index contributed by atoms with van der Waals surface area (Å²) >= 11 is 0. The van der Waals surface area contributed by atoms with E-state index in [4.69, 9.17) is 4.42 Å². The van der Waals surface area contributed by atoms with Crippen LogP contribution in [0.15, 0.2) is 70.0 Å².